The number of hydrogen-bond donors (Lipinski definition) is 1. The van der Waals surface area contributed by atoms with Crippen molar-refractivity contribution in [2.75, 3.05) is 0 Å². The molecule has 0 radical (unpaired) electrons. The highest BCUT2D eigenvalue weighted by atomic mass is 35.5. The molecule has 0 aliphatic heterocycles. The summed E-state index contributed by atoms with van der Waals surface area (Å²) >= 11 is 5.52. The van der Waals surface area contributed by atoms with Crippen LogP contribution in [0, 0.1) is 0 Å². The smallest absolute Gasteiger partial charge is 0.387 e. The fourth-order valence-electron chi connectivity index (χ4n) is 0.769. The summed E-state index contributed by atoms with van der Waals surface area (Å²) in [7, 11) is 0. The van der Waals surface area contributed by atoms with Gasteiger partial charge in [-0.05, 0) is 0 Å². The first kappa shape index (κ1) is 10.6. The minimum absolute atomic E-state index is 0.129. The Bertz CT molecular complexity index is 360. The highest BCUT2D eigenvalue weighted by Crippen LogP contribution is 2.20. The Morgan fingerprint density at radius 1 is 1.64 bits per heavy atom. The standard InChI is InChI=1S/C7H5ClF2N2O2/c8-4-1-3(14-7(9)10)2-12-5(4)6(11)13/h1-2,7H,(H2,11,13). The van der Waals surface area contributed by atoms with Crippen LogP contribution in [0.2, 0.25) is 5.02 Å². The molecular weight excluding hydrogens is 218 g/mol. The van der Waals surface area contributed by atoms with Crippen LogP contribution < -0.4 is 10.5 Å². The maximum absolute atomic E-state index is 11.7. The van der Waals surface area contributed by atoms with Crippen LogP contribution in [0.5, 0.6) is 5.75 Å². The summed E-state index contributed by atoms with van der Waals surface area (Å²) in [5.74, 6) is -1.06. The van der Waals surface area contributed by atoms with Gasteiger partial charge in [-0.1, -0.05) is 11.6 Å². The average molecular weight is 223 g/mol. The van der Waals surface area contributed by atoms with Crippen molar-refractivity contribution >= 4 is 17.5 Å². The number of ether oxygens (including phenoxy) is 1. The minimum Gasteiger partial charge on any atom is -0.433 e. The molecule has 0 saturated heterocycles. The first-order chi connectivity index (χ1) is 6.50. The highest BCUT2D eigenvalue weighted by molar-refractivity contribution is 6.33. The van der Waals surface area contributed by atoms with Crippen molar-refractivity contribution in [2.24, 2.45) is 5.73 Å². The summed E-state index contributed by atoms with van der Waals surface area (Å²) in [6.07, 6.45) is 0.943. The fourth-order valence-corrected chi connectivity index (χ4v) is 1.02. The van der Waals surface area contributed by atoms with Crippen LogP contribution in [0.4, 0.5) is 8.78 Å². The summed E-state index contributed by atoms with van der Waals surface area (Å²) in [6.45, 7) is -2.97. The SMILES string of the molecule is NC(=O)c1ncc(OC(F)F)cc1Cl. The van der Waals surface area contributed by atoms with E-state index in [-0.39, 0.29) is 16.5 Å². The molecular formula is C7H5ClF2N2O2. The van der Waals surface area contributed by atoms with Crippen molar-refractivity contribution in [3.05, 3.63) is 23.0 Å². The van der Waals surface area contributed by atoms with E-state index in [4.69, 9.17) is 17.3 Å². The maximum atomic E-state index is 11.7. The molecule has 0 spiro atoms. The summed E-state index contributed by atoms with van der Waals surface area (Å²) in [6, 6.07) is 1.04. The fraction of sp³-hybridized carbons (Fsp3) is 0.143. The topological polar surface area (TPSA) is 65.2 Å². The number of hydrogen-bond acceptors (Lipinski definition) is 3. The van der Waals surface area contributed by atoms with Crippen LogP contribution in [0.15, 0.2) is 12.3 Å². The zero-order valence-corrected chi connectivity index (χ0v) is 7.46. The van der Waals surface area contributed by atoms with Gasteiger partial charge >= 0.3 is 6.61 Å². The molecule has 0 atom stereocenters. The van der Waals surface area contributed by atoms with Crippen LogP contribution in [0.25, 0.3) is 0 Å². The molecule has 1 rings (SSSR count). The van der Waals surface area contributed by atoms with Crippen LogP contribution in [0.3, 0.4) is 0 Å². The van der Waals surface area contributed by atoms with E-state index in [2.05, 4.69) is 9.72 Å². The Morgan fingerprint density at radius 2 is 2.29 bits per heavy atom. The number of carbonyl (C=O) groups is 1. The van der Waals surface area contributed by atoms with Crippen molar-refractivity contribution in [1.82, 2.24) is 4.98 Å². The zero-order chi connectivity index (χ0) is 10.7. The second kappa shape index (κ2) is 4.19. The van der Waals surface area contributed by atoms with E-state index >= 15 is 0 Å². The number of aromatic nitrogens is 1. The van der Waals surface area contributed by atoms with Crippen molar-refractivity contribution in [1.29, 1.82) is 0 Å². The molecule has 2 N–H and O–H groups in total. The Balaban J connectivity index is 2.94. The predicted octanol–water partition coefficient (Wildman–Crippen LogP) is 1.44. The lowest BCUT2D eigenvalue weighted by atomic mass is 10.3. The lowest BCUT2D eigenvalue weighted by molar-refractivity contribution is -0.0500. The second-order valence-electron chi connectivity index (χ2n) is 2.24. The molecule has 0 aliphatic carbocycles. The Morgan fingerprint density at radius 3 is 2.71 bits per heavy atom. The van der Waals surface area contributed by atoms with Crippen LogP contribution in [-0.4, -0.2) is 17.5 Å². The zero-order valence-electron chi connectivity index (χ0n) is 6.71. The van der Waals surface area contributed by atoms with Gasteiger partial charge in [0, 0.05) is 6.07 Å². The van der Waals surface area contributed by atoms with E-state index in [0.717, 1.165) is 12.3 Å². The normalized spacial score (nSPS) is 10.3. The van der Waals surface area contributed by atoms with Gasteiger partial charge in [-0.15, -0.1) is 0 Å². The van der Waals surface area contributed by atoms with Gasteiger partial charge in [0.2, 0.25) is 0 Å². The van der Waals surface area contributed by atoms with Crippen molar-refractivity contribution in [3.8, 4) is 5.75 Å². The van der Waals surface area contributed by atoms with Crippen LogP contribution in [-0.2, 0) is 0 Å². The van der Waals surface area contributed by atoms with Gasteiger partial charge in [-0.25, -0.2) is 4.98 Å². The van der Waals surface area contributed by atoms with E-state index in [1.165, 1.54) is 0 Å². The molecule has 7 heteroatoms. The number of nitrogens with two attached hydrogens (primary N) is 1. The van der Waals surface area contributed by atoms with Crippen LogP contribution >= 0.6 is 11.6 Å². The summed E-state index contributed by atoms with van der Waals surface area (Å²) in [5.41, 5.74) is 4.70. The van der Waals surface area contributed by atoms with Gasteiger partial charge in [0.25, 0.3) is 5.91 Å². The molecule has 1 aromatic rings. The van der Waals surface area contributed by atoms with E-state index in [0.29, 0.717) is 0 Å². The lowest BCUT2D eigenvalue weighted by Crippen LogP contribution is -2.14. The molecule has 0 fully saturated rings. The highest BCUT2D eigenvalue weighted by Gasteiger charge is 2.11. The van der Waals surface area contributed by atoms with Crippen LogP contribution in [0.1, 0.15) is 10.5 Å². The lowest BCUT2D eigenvalue weighted by Gasteiger charge is -2.05. The average Bonchev–Trinajstić information content (AvgIpc) is 2.01. The van der Waals surface area contributed by atoms with E-state index < -0.39 is 12.5 Å². The Hall–Kier alpha value is -1.43. The monoisotopic (exact) mass is 222 g/mol. The number of pyridine rings is 1. The molecule has 4 nitrogen and oxygen atoms in total. The first-order valence-electron chi connectivity index (χ1n) is 3.41. The number of halogens is 3. The van der Waals surface area contributed by atoms with Gasteiger partial charge in [0.15, 0.2) is 0 Å². The third kappa shape index (κ3) is 2.53. The summed E-state index contributed by atoms with van der Waals surface area (Å²) in [5, 5.41) is -0.129. The molecule has 1 amide bonds. The molecule has 1 aromatic heterocycles. The predicted molar refractivity (Wildman–Crippen MR) is 44.4 cm³/mol. The van der Waals surface area contributed by atoms with Gasteiger partial charge in [-0.2, -0.15) is 8.78 Å². The van der Waals surface area contributed by atoms with Gasteiger partial charge in [0.05, 0.1) is 11.2 Å². The van der Waals surface area contributed by atoms with Gasteiger partial charge in [-0.3, -0.25) is 4.79 Å². The molecule has 0 aliphatic rings. The minimum atomic E-state index is -2.97. The molecule has 0 saturated carbocycles. The number of primary amides is 1. The molecule has 0 aromatic carbocycles. The third-order valence-electron chi connectivity index (χ3n) is 1.27. The van der Waals surface area contributed by atoms with Crippen molar-refractivity contribution < 1.29 is 18.3 Å². The molecule has 1 heterocycles. The Kier molecular flexibility index (Phi) is 3.19. The van der Waals surface area contributed by atoms with E-state index in [9.17, 15) is 13.6 Å². The van der Waals surface area contributed by atoms with E-state index in [1.54, 1.807) is 0 Å². The number of rotatable bonds is 3. The summed E-state index contributed by atoms with van der Waals surface area (Å²) < 4.78 is 27.5. The number of amides is 1. The number of carbonyl (C=O) groups excluding carboxylic acids is 1. The number of nitrogens with zero attached hydrogens (tertiary/aromatic N) is 1. The molecule has 14 heavy (non-hydrogen) atoms. The molecule has 0 bridgehead atoms. The van der Waals surface area contributed by atoms with E-state index in [1.807, 2.05) is 0 Å². The Labute approximate surface area is 82.6 Å². The third-order valence-corrected chi connectivity index (χ3v) is 1.56. The molecule has 0 unspecified atom stereocenters. The van der Waals surface area contributed by atoms with Gasteiger partial charge in [0.1, 0.15) is 11.4 Å². The largest absolute Gasteiger partial charge is 0.433 e. The first-order valence-corrected chi connectivity index (χ1v) is 3.78. The van der Waals surface area contributed by atoms with Gasteiger partial charge < -0.3 is 10.5 Å². The molecule has 76 valence electrons. The maximum Gasteiger partial charge on any atom is 0.387 e. The second-order valence-corrected chi connectivity index (χ2v) is 2.65. The van der Waals surface area contributed by atoms with Crippen molar-refractivity contribution in [2.45, 2.75) is 6.61 Å². The number of alkyl halides is 2. The van der Waals surface area contributed by atoms with Crippen molar-refractivity contribution in [3.63, 3.8) is 0 Å². The quantitative estimate of drug-likeness (QED) is 0.842. The summed E-state index contributed by atoms with van der Waals surface area (Å²) in [4.78, 5) is 14.1.